The van der Waals surface area contributed by atoms with E-state index in [0.717, 1.165) is 25.7 Å². The van der Waals surface area contributed by atoms with Gasteiger partial charge >= 0.3 is 0 Å². The molecule has 0 radical (unpaired) electrons. The van der Waals surface area contributed by atoms with Crippen LogP contribution in [0.25, 0.3) is 0 Å². The summed E-state index contributed by atoms with van der Waals surface area (Å²) >= 11 is 2.10. The molecule has 160 valence electrons. The molecule has 3 aliphatic heterocycles. The minimum absolute atomic E-state index is 0.230. The Balaban J connectivity index is 0.000000755. The highest BCUT2D eigenvalue weighted by Crippen LogP contribution is 2.46. The van der Waals surface area contributed by atoms with Crippen molar-refractivity contribution in [3.8, 4) is 0 Å². The van der Waals surface area contributed by atoms with Crippen LogP contribution in [0.5, 0.6) is 0 Å². The average Bonchev–Trinajstić information content (AvgIpc) is 3.32. The summed E-state index contributed by atoms with van der Waals surface area (Å²) in [6, 6.07) is 11.7. The number of rotatable bonds is 5. The van der Waals surface area contributed by atoms with Gasteiger partial charge in [-0.3, -0.25) is 14.5 Å². The van der Waals surface area contributed by atoms with Gasteiger partial charge in [-0.25, -0.2) is 0 Å². The van der Waals surface area contributed by atoms with Gasteiger partial charge in [-0.15, -0.1) is 0 Å². The van der Waals surface area contributed by atoms with Crippen molar-refractivity contribution < 1.29 is 19.4 Å². The number of hydrogen-bond acceptors (Lipinski definition) is 5. The van der Waals surface area contributed by atoms with E-state index in [1.165, 1.54) is 29.9 Å². The quantitative estimate of drug-likeness (QED) is 0.739. The molecule has 1 N–H and O–H groups in total. The summed E-state index contributed by atoms with van der Waals surface area (Å²) in [6.45, 7) is 3.48. The summed E-state index contributed by atoms with van der Waals surface area (Å²) in [5.74, 6) is 4.04. The third kappa shape index (κ3) is 5.32. The number of methoxy groups -OCH3 is 1. The van der Waals surface area contributed by atoms with Gasteiger partial charge in [-0.2, -0.15) is 11.8 Å². The monoisotopic (exact) mass is 420 g/mol. The first kappa shape index (κ1) is 22.1. The highest BCUT2D eigenvalue weighted by Gasteiger charge is 2.49. The zero-order valence-electron chi connectivity index (χ0n) is 17.1. The number of thioether (sulfide) groups is 1. The highest BCUT2D eigenvalue weighted by atomic mass is 32.2. The molecular weight excluding hydrogens is 388 g/mol. The molecule has 6 nitrogen and oxygen atoms in total. The third-order valence-electron chi connectivity index (χ3n) is 6.38. The first-order chi connectivity index (χ1) is 14.2. The molecule has 0 aromatic heterocycles. The Bertz CT molecular complexity index is 653. The summed E-state index contributed by atoms with van der Waals surface area (Å²) in [7, 11) is 1.67. The molecule has 29 heavy (non-hydrogen) atoms. The van der Waals surface area contributed by atoms with Crippen molar-refractivity contribution >= 4 is 24.1 Å². The first-order valence-corrected chi connectivity index (χ1v) is 11.6. The molecule has 1 aromatic rings. The SMILES string of the molecule is COCCC(=O)N1C[C@@H]2CN(C3CCSCC3)C[C@@H]2[C@H]1c1ccccc1.O=CO. The lowest BCUT2D eigenvalue weighted by atomic mass is 9.89. The van der Waals surface area contributed by atoms with E-state index in [-0.39, 0.29) is 18.4 Å². The Hall–Kier alpha value is -1.57. The molecule has 0 aliphatic carbocycles. The molecule has 0 saturated carbocycles. The van der Waals surface area contributed by atoms with E-state index >= 15 is 0 Å². The number of amides is 1. The van der Waals surface area contributed by atoms with Crippen LogP contribution in [0, 0.1) is 11.8 Å². The molecule has 1 amide bonds. The molecule has 3 heterocycles. The summed E-state index contributed by atoms with van der Waals surface area (Å²) in [5, 5.41) is 6.89. The number of carboxylic acid groups (broad SMARTS) is 1. The summed E-state index contributed by atoms with van der Waals surface area (Å²) in [6.07, 6.45) is 3.15. The van der Waals surface area contributed by atoms with E-state index in [0.29, 0.717) is 24.9 Å². The molecule has 3 aliphatic rings. The average molecular weight is 421 g/mol. The second kappa shape index (κ2) is 11.0. The molecule has 0 spiro atoms. The summed E-state index contributed by atoms with van der Waals surface area (Å²) in [5.41, 5.74) is 1.30. The van der Waals surface area contributed by atoms with Crippen LogP contribution in [0.15, 0.2) is 30.3 Å². The van der Waals surface area contributed by atoms with Crippen LogP contribution in [0.3, 0.4) is 0 Å². The van der Waals surface area contributed by atoms with Crippen LogP contribution < -0.4 is 0 Å². The molecule has 0 unspecified atom stereocenters. The number of likely N-dealkylation sites (tertiary alicyclic amines) is 2. The maximum absolute atomic E-state index is 12.8. The second-order valence-corrected chi connectivity index (χ2v) is 9.20. The fourth-order valence-corrected chi connectivity index (χ4v) is 6.18. The number of carbonyl (C=O) groups is 2. The minimum atomic E-state index is -0.250. The largest absolute Gasteiger partial charge is 0.483 e. The van der Waals surface area contributed by atoms with E-state index in [9.17, 15) is 4.79 Å². The molecule has 3 saturated heterocycles. The van der Waals surface area contributed by atoms with Crippen molar-refractivity contribution in [1.29, 1.82) is 0 Å². The van der Waals surface area contributed by atoms with Gasteiger partial charge in [0.1, 0.15) is 0 Å². The van der Waals surface area contributed by atoms with E-state index in [4.69, 9.17) is 14.6 Å². The number of fused-ring (bicyclic) bond motifs is 1. The van der Waals surface area contributed by atoms with Crippen molar-refractivity contribution in [2.75, 3.05) is 44.9 Å². The third-order valence-corrected chi connectivity index (χ3v) is 7.43. The van der Waals surface area contributed by atoms with Gasteiger partial charge in [0.15, 0.2) is 0 Å². The summed E-state index contributed by atoms with van der Waals surface area (Å²) in [4.78, 5) is 26.1. The maximum atomic E-state index is 12.8. The highest BCUT2D eigenvalue weighted by molar-refractivity contribution is 7.99. The Morgan fingerprint density at radius 1 is 1.21 bits per heavy atom. The molecular formula is C22H32N2O4S. The maximum Gasteiger partial charge on any atom is 0.290 e. The number of nitrogens with zero attached hydrogens (tertiary/aromatic N) is 2. The minimum Gasteiger partial charge on any atom is -0.483 e. The number of benzene rings is 1. The molecule has 1 aromatic carbocycles. The Labute approximate surface area is 177 Å². The van der Waals surface area contributed by atoms with Gasteiger partial charge in [0.05, 0.1) is 19.1 Å². The number of carbonyl (C=O) groups excluding carboxylic acids is 1. The topological polar surface area (TPSA) is 70.1 Å². The van der Waals surface area contributed by atoms with Crippen molar-refractivity contribution in [3.05, 3.63) is 35.9 Å². The van der Waals surface area contributed by atoms with E-state index < -0.39 is 0 Å². The lowest BCUT2D eigenvalue weighted by Gasteiger charge is -2.34. The molecule has 7 heteroatoms. The van der Waals surface area contributed by atoms with Crippen LogP contribution in [0.2, 0.25) is 0 Å². The zero-order chi connectivity index (χ0) is 20.6. The fourth-order valence-electron chi connectivity index (χ4n) is 5.09. The zero-order valence-corrected chi connectivity index (χ0v) is 17.9. The van der Waals surface area contributed by atoms with Crippen molar-refractivity contribution in [2.45, 2.75) is 31.3 Å². The van der Waals surface area contributed by atoms with Crippen molar-refractivity contribution in [3.63, 3.8) is 0 Å². The van der Waals surface area contributed by atoms with Gasteiger partial charge in [-0.1, -0.05) is 30.3 Å². The summed E-state index contributed by atoms with van der Waals surface area (Å²) < 4.78 is 5.15. The van der Waals surface area contributed by atoms with Crippen LogP contribution in [-0.4, -0.2) is 78.2 Å². The predicted molar refractivity (Wildman–Crippen MR) is 115 cm³/mol. The first-order valence-electron chi connectivity index (χ1n) is 10.4. The molecule has 3 fully saturated rings. The van der Waals surface area contributed by atoms with Gasteiger partial charge in [0, 0.05) is 38.7 Å². The number of hydrogen-bond donors (Lipinski definition) is 1. The predicted octanol–water partition coefficient (Wildman–Crippen LogP) is 2.75. The lowest BCUT2D eigenvalue weighted by Crippen LogP contribution is -2.40. The fraction of sp³-hybridized carbons (Fsp3) is 0.636. The van der Waals surface area contributed by atoms with Gasteiger partial charge < -0.3 is 14.7 Å². The van der Waals surface area contributed by atoms with Crippen molar-refractivity contribution in [1.82, 2.24) is 9.80 Å². The van der Waals surface area contributed by atoms with Gasteiger partial charge in [0.25, 0.3) is 6.47 Å². The molecule has 4 rings (SSSR count). The van der Waals surface area contributed by atoms with Crippen LogP contribution in [0.1, 0.15) is 30.9 Å². The van der Waals surface area contributed by atoms with Gasteiger partial charge in [-0.05, 0) is 35.8 Å². The number of ether oxygens (including phenoxy) is 1. The smallest absolute Gasteiger partial charge is 0.290 e. The van der Waals surface area contributed by atoms with Crippen LogP contribution in [-0.2, 0) is 14.3 Å². The standard InChI is InChI=1S/C21H30N2O2S.CH2O2/c1-25-10-7-20(24)23-14-17-13-22(18-8-11-26-12-9-18)15-19(17)21(23)16-5-3-2-4-6-16;2-1-3/h2-6,17-19,21H,7-15H2,1H3;1H,(H,2,3)/t17-,19-,21+;/m0./s1. The second-order valence-electron chi connectivity index (χ2n) is 7.97. The van der Waals surface area contributed by atoms with E-state index in [1.54, 1.807) is 7.11 Å². The van der Waals surface area contributed by atoms with Crippen LogP contribution >= 0.6 is 11.8 Å². The lowest BCUT2D eigenvalue weighted by molar-refractivity contribution is -0.133. The Morgan fingerprint density at radius 3 is 2.55 bits per heavy atom. The van der Waals surface area contributed by atoms with Crippen molar-refractivity contribution in [2.24, 2.45) is 11.8 Å². The Kier molecular flexibility index (Phi) is 8.39. The van der Waals surface area contributed by atoms with Gasteiger partial charge in [0.2, 0.25) is 5.91 Å². The van der Waals surface area contributed by atoms with E-state index in [2.05, 4.69) is 51.9 Å². The van der Waals surface area contributed by atoms with E-state index in [1.807, 2.05) is 0 Å². The molecule has 3 atom stereocenters. The molecule has 0 bridgehead atoms. The Morgan fingerprint density at radius 2 is 1.90 bits per heavy atom. The van der Waals surface area contributed by atoms with Crippen LogP contribution in [0.4, 0.5) is 0 Å². The normalized spacial score (nSPS) is 27.2.